The van der Waals surface area contributed by atoms with E-state index < -0.39 is 5.97 Å². The topological polar surface area (TPSA) is 90.4 Å². The van der Waals surface area contributed by atoms with Crippen LogP contribution in [0.4, 0.5) is 0 Å². The zero-order chi connectivity index (χ0) is 35.2. The highest BCUT2D eigenvalue weighted by atomic mass is 16.5. The van der Waals surface area contributed by atoms with Gasteiger partial charge in [-0.05, 0) is 77.2 Å². The van der Waals surface area contributed by atoms with Gasteiger partial charge in [0.1, 0.15) is 0 Å². The third-order valence-electron chi connectivity index (χ3n) is 9.40. The van der Waals surface area contributed by atoms with E-state index in [1.54, 1.807) is 0 Å². The molecule has 0 bridgehead atoms. The number of nitrogens with zero attached hydrogens (tertiary/aromatic N) is 4. The fourth-order valence-electron chi connectivity index (χ4n) is 6.48. The molecule has 0 radical (unpaired) electrons. The molecule has 3 rings (SSSR count). The second-order valence-corrected chi connectivity index (χ2v) is 14.5. The standard InChI is InChI=1S/C27H53N4O2.C9H14O.C2H4O2/c1-6-8-16-29(18-11-12-20-31(3,4)5)27(33)23-30-22-24(7-2)21-25(30)14-13-19-28-17-10-9-15-26(28)32;1-3-8-5-6-10-9(4-2)7-8;1-2(3)4/h24-25H,6-23H2,1-5H3;3-4H,5-7H2,1-2H3;1H3,(H,3,4)/q+1;;/b;8-3-,9-4+;. The number of aliphatic carboxylic acids is 1. The highest BCUT2D eigenvalue weighted by Gasteiger charge is 2.33. The lowest BCUT2D eigenvalue weighted by Gasteiger charge is -2.30. The third kappa shape index (κ3) is 19.3. The first kappa shape index (κ1) is 42.6. The Morgan fingerprint density at radius 3 is 2.32 bits per heavy atom. The van der Waals surface area contributed by atoms with Crippen molar-refractivity contribution in [2.24, 2.45) is 5.92 Å². The molecule has 2 unspecified atom stereocenters. The summed E-state index contributed by atoms with van der Waals surface area (Å²) < 4.78 is 6.37. The van der Waals surface area contributed by atoms with Crippen molar-refractivity contribution in [1.82, 2.24) is 14.7 Å². The number of ether oxygens (including phenoxy) is 1. The monoisotopic (exact) mass is 664 g/mol. The maximum absolute atomic E-state index is 13.3. The number of rotatable bonds is 15. The summed E-state index contributed by atoms with van der Waals surface area (Å²) in [5, 5.41) is 7.42. The summed E-state index contributed by atoms with van der Waals surface area (Å²) in [5.41, 5.74) is 1.50. The summed E-state index contributed by atoms with van der Waals surface area (Å²) in [6.07, 6.45) is 18.3. The van der Waals surface area contributed by atoms with E-state index in [2.05, 4.69) is 62.7 Å². The van der Waals surface area contributed by atoms with Crippen molar-refractivity contribution in [2.45, 2.75) is 124 Å². The Morgan fingerprint density at radius 1 is 1.02 bits per heavy atom. The maximum atomic E-state index is 13.3. The Hall–Kier alpha value is -2.39. The predicted octanol–water partition coefficient (Wildman–Crippen LogP) is 6.73. The van der Waals surface area contributed by atoms with Crippen LogP contribution in [0.2, 0.25) is 0 Å². The lowest BCUT2D eigenvalue weighted by atomic mass is 10.00. The summed E-state index contributed by atoms with van der Waals surface area (Å²) >= 11 is 0. The molecule has 3 heterocycles. The lowest BCUT2D eigenvalue weighted by molar-refractivity contribution is -0.870. The second-order valence-electron chi connectivity index (χ2n) is 14.5. The number of carbonyl (C=O) groups is 3. The fraction of sp³-hybridized carbons (Fsp3) is 0.816. The molecule has 0 aromatic rings. The Balaban J connectivity index is 0.000000651. The van der Waals surface area contributed by atoms with Crippen LogP contribution < -0.4 is 0 Å². The minimum absolute atomic E-state index is 0.321. The van der Waals surface area contributed by atoms with E-state index in [1.807, 2.05) is 13.0 Å². The van der Waals surface area contributed by atoms with Crippen molar-refractivity contribution >= 4 is 17.8 Å². The quantitative estimate of drug-likeness (QED) is 0.119. The van der Waals surface area contributed by atoms with Crippen LogP contribution in [0, 0.1) is 5.92 Å². The molecule has 2 amide bonds. The first-order valence-corrected chi connectivity index (χ1v) is 18.5. The molecule has 47 heavy (non-hydrogen) atoms. The van der Waals surface area contributed by atoms with E-state index >= 15 is 0 Å². The maximum Gasteiger partial charge on any atom is 0.300 e. The normalized spacial score (nSPS) is 21.9. The van der Waals surface area contributed by atoms with Gasteiger partial charge in [-0.25, -0.2) is 0 Å². The molecule has 3 aliphatic rings. The first-order chi connectivity index (χ1) is 22.3. The zero-order valence-electron chi connectivity index (χ0n) is 31.5. The third-order valence-corrected chi connectivity index (χ3v) is 9.40. The summed E-state index contributed by atoms with van der Waals surface area (Å²) in [6, 6.07) is 0.491. The first-order valence-electron chi connectivity index (χ1n) is 18.5. The predicted molar refractivity (Wildman–Crippen MR) is 193 cm³/mol. The van der Waals surface area contributed by atoms with Crippen LogP contribution in [0.25, 0.3) is 0 Å². The Kier molecular flexibility index (Phi) is 21.6. The van der Waals surface area contributed by atoms with Crippen LogP contribution in [-0.4, -0.2) is 122 Å². The Morgan fingerprint density at radius 2 is 1.72 bits per heavy atom. The highest BCUT2D eigenvalue weighted by molar-refractivity contribution is 5.78. The smallest absolute Gasteiger partial charge is 0.300 e. The van der Waals surface area contributed by atoms with E-state index in [-0.39, 0.29) is 0 Å². The van der Waals surface area contributed by atoms with E-state index in [0.29, 0.717) is 30.3 Å². The van der Waals surface area contributed by atoms with Crippen molar-refractivity contribution in [3.8, 4) is 0 Å². The van der Waals surface area contributed by atoms with Gasteiger partial charge in [0.25, 0.3) is 5.97 Å². The van der Waals surface area contributed by atoms with Crippen molar-refractivity contribution in [2.75, 3.05) is 73.6 Å². The van der Waals surface area contributed by atoms with Crippen LogP contribution in [0.5, 0.6) is 0 Å². The summed E-state index contributed by atoms with van der Waals surface area (Å²) in [6.45, 7) is 16.9. The number of carbonyl (C=O) groups excluding carboxylic acids is 2. The van der Waals surface area contributed by atoms with Crippen LogP contribution in [0.3, 0.4) is 0 Å². The molecule has 3 fully saturated rings. The second kappa shape index (κ2) is 23.9. The SMILES string of the molecule is C/C=C1/CCO/C(=C/C)C1.CC(=O)O.CCCCN(CCCC[N+](C)(C)C)C(=O)CN1CC(CC)CC1CCCN1CCCCC1=O. The van der Waals surface area contributed by atoms with E-state index in [1.165, 1.54) is 24.8 Å². The van der Waals surface area contributed by atoms with Crippen LogP contribution in [0.1, 0.15) is 118 Å². The summed E-state index contributed by atoms with van der Waals surface area (Å²) in [4.78, 5) is 41.1. The van der Waals surface area contributed by atoms with Gasteiger partial charge in [0, 0.05) is 65.0 Å². The van der Waals surface area contributed by atoms with Crippen molar-refractivity contribution < 1.29 is 28.7 Å². The zero-order valence-corrected chi connectivity index (χ0v) is 31.5. The molecule has 2 atom stereocenters. The van der Waals surface area contributed by atoms with E-state index in [0.717, 1.165) is 127 Å². The minimum Gasteiger partial charge on any atom is -0.498 e. The largest absolute Gasteiger partial charge is 0.498 e. The van der Waals surface area contributed by atoms with Gasteiger partial charge in [0.05, 0.1) is 46.6 Å². The van der Waals surface area contributed by atoms with E-state index in [9.17, 15) is 9.59 Å². The van der Waals surface area contributed by atoms with Gasteiger partial charge in [-0.2, -0.15) is 0 Å². The number of piperidine rings is 1. The van der Waals surface area contributed by atoms with Crippen molar-refractivity contribution in [1.29, 1.82) is 0 Å². The number of carboxylic acid groups (broad SMARTS) is 1. The molecular formula is C38H71N4O5+. The molecular weight excluding hydrogens is 592 g/mol. The number of quaternary nitrogens is 1. The molecule has 0 spiro atoms. The number of amides is 2. The van der Waals surface area contributed by atoms with Gasteiger partial charge >= 0.3 is 0 Å². The molecule has 0 aliphatic carbocycles. The molecule has 9 heteroatoms. The van der Waals surface area contributed by atoms with Gasteiger partial charge < -0.3 is 24.1 Å². The number of carboxylic acids is 1. The number of hydrogen-bond acceptors (Lipinski definition) is 5. The van der Waals surface area contributed by atoms with Gasteiger partial charge in [0.15, 0.2) is 0 Å². The molecule has 0 aromatic heterocycles. The summed E-state index contributed by atoms with van der Waals surface area (Å²) in [5.74, 6) is 1.65. The number of unbranched alkanes of at least 4 members (excludes halogenated alkanes) is 2. The van der Waals surface area contributed by atoms with Crippen molar-refractivity contribution in [3.63, 3.8) is 0 Å². The Bertz CT molecular complexity index is 952. The van der Waals surface area contributed by atoms with Gasteiger partial charge in [-0.1, -0.05) is 38.3 Å². The fourth-order valence-corrected chi connectivity index (χ4v) is 6.48. The highest BCUT2D eigenvalue weighted by Crippen LogP contribution is 2.29. The summed E-state index contributed by atoms with van der Waals surface area (Å²) in [7, 11) is 6.70. The van der Waals surface area contributed by atoms with Crippen molar-refractivity contribution in [3.05, 3.63) is 23.5 Å². The van der Waals surface area contributed by atoms with Crippen LogP contribution >= 0.6 is 0 Å². The minimum atomic E-state index is -0.833. The molecule has 3 saturated heterocycles. The van der Waals surface area contributed by atoms with Gasteiger partial charge in [0.2, 0.25) is 11.8 Å². The van der Waals surface area contributed by atoms with Gasteiger partial charge in [-0.3, -0.25) is 19.3 Å². The molecule has 0 aromatic carbocycles. The Labute approximate surface area is 287 Å². The molecule has 9 nitrogen and oxygen atoms in total. The number of hydrogen-bond donors (Lipinski definition) is 1. The molecule has 0 saturated carbocycles. The molecule has 1 N–H and O–H groups in total. The van der Waals surface area contributed by atoms with Crippen LogP contribution in [0.15, 0.2) is 23.5 Å². The average molecular weight is 664 g/mol. The van der Waals surface area contributed by atoms with Crippen LogP contribution in [-0.2, 0) is 19.1 Å². The van der Waals surface area contributed by atoms with E-state index in [4.69, 9.17) is 14.6 Å². The lowest BCUT2D eigenvalue weighted by Crippen LogP contribution is -2.43. The molecule has 272 valence electrons. The molecule has 3 aliphatic heterocycles. The number of allylic oxidation sites excluding steroid dienone is 3. The average Bonchev–Trinajstić information content (AvgIpc) is 3.42. The van der Waals surface area contributed by atoms with Gasteiger partial charge in [-0.15, -0.1) is 0 Å². The number of likely N-dealkylation sites (tertiary alicyclic amines) is 2.